The van der Waals surface area contributed by atoms with Crippen molar-refractivity contribution in [2.45, 2.75) is 6.92 Å². The van der Waals surface area contributed by atoms with Crippen LogP contribution in [0, 0.1) is 0 Å². The van der Waals surface area contributed by atoms with Crippen molar-refractivity contribution in [1.29, 1.82) is 0 Å². The number of carboxylic acids is 1. The van der Waals surface area contributed by atoms with Crippen molar-refractivity contribution in [3.8, 4) is 11.5 Å². The van der Waals surface area contributed by atoms with E-state index in [0.29, 0.717) is 22.6 Å². The van der Waals surface area contributed by atoms with Gasteiger partial charge in [0, 0.05) is 6.92 Å². The minimum absolute atomic E-state index is 0.286. The van der Waals surface area contributed by atoms with Gasteiger partial charge in [-0.2, -0.15) is 0 Å². The molecule has 6 nitrogen and oxygen atoms in total. The fourth-order valence-corrected chi connectivity index (χ4v) is 2.46. The van der Waals surface area contributed by atoms with Crippen molar-refractivity contribution in [3.05, 3.63) is 132 Å². The van der Waals surface area contributed by atoms with Crippen LogP contribution in [-0.4, -0.2) is 23.0 Å². The van der Waals surface area contributed by atoms with E-state index in [4.69, 9.17) is 14.6 Å². The molecule has 0 aliphatic rings. The smallest absolute Gasteiger partial charge is 0.343 e. The molecule has 172 valence electrons. The topological polar surface area (TPSA) is 89.9 Å². The van der Waals surface area contributed by atoms with E-state index in [1.807, 2.05) is 54.6 Å². The van der Waals surface area contributed by atoms with Crippen LogP contribution in [0.2, 0.25) is 0 Å². The van der Waals surface area contributed by atoms with Crippen LogP contribution < -0.4 is 9.47 Å². The van der Waals surface area contributed by atoms with E-state index < -0.39 is 5.97 Å². The predicted octanol–water partition coefficient (Wildman–Crippen LogP) is 5.90. The van der Waals surface area contributed by atoms with Crippen LogP contribution >= 0.6 is 0 Å². The average Bonchev–Trinajstić information content (AvgIpc) is 2.87. The van der Waals surface area contributed by atoms with Crippen molar-refractivity contribution in [2.24, 2.45) is 0 Å². The standard InChI is InChI=1S/C13H10O2.C8H8O2.C7H6O2/c14-13(11-7-3-1-4-8-11)15-12-9-5-2-6-10-12;1-7(9)10-8-5-3-2-4-6-8;8-7(9)6-4-2-1-3-5-6/h1-10H;2-6H,1H3;1-5H,(H,8,9). The Morgan fingerprint density at radius 3 is 1.24 bits per heavy atom. The van der Waals surface area contributed by atoms with Crippen LogP contribution in [0.3, 0.4) is 0 Å². The van der Waals surface area contributed by atoms with Gasteiger partial charge >= 0.3 is 17.9 Å². The number of benzene rings is 4. The minimum Gasteiger partial charge on any atom is -0.478 e. The first-order chi connectivity index (χ1) is 16.5. The molecule has 0 amide bonds. The largest absolute Gasteiger partial charge is 0.478 e. The number of carbonyl (C=O) groups is 3. The predicted molar refractivity (Wildman–Crippen MR) is 129 cm³/mol. The lowest BCUT2D eigenvalue weighted by Gasteiger charge is -2.02. The minimum atomic E-state index is -0.879. The van der Waals surface area contributed by atoms with E-state index in [2.05, 4.69) is 0 Å². The molecule has 0 atom stereocenters. The van der Waals surface area contributed by atoms with E-state index in [1.165, 1.54) is 6.92 Å². The molecule has 34 heavy (non-hydrogen) atoms. The van der Waals surface area contributed by atoms with Gasteiger partial charge in [0.1, 0.15) is 11.5 Å². The molecule has 4 aromatic carbocycles. The summed E-state index contributed by atoms with van der Waals surface area (Å²) in [7, 11) is 0. The molecule has 1 N–H and O–H groups in total. The van der Waals surface area contributed by atoms with Crippen LogP contribution in [0.1, 0.15) is 27.6 Å². The normalized spacial score (nSPS) is 9.21. The van der Waals surface area contributed by atoms with Crippen LogP contribution in [0.15, 0.2) is 121 Å². The van der Waals surface area contributed by atoms with Gasteiger partial charge in [-0.25, -0.2) is 9.59 Å². The number of aromatic carboxylic acids is 1. The summed E-state index contributed by atoms with van der Waals surface area (Å²) in [5.74, 6) is -0.343. The molecule has 0 aliphatic carbocycles. The molecular formula is C28H24O6. The molecular weight excluding hydrogens is 432 g/mol. The Balaban J connectivity index is 0.000000189. The second-order valence-corrected chi connectivity index (χ2v) is 6.65. The summed E-state index contributed by atoms with van der Waals surface area (Å²) in [6, 6.07) is 35.2. The first-order valence-electron chi connectivity index (χ1n) is 10.3. The van der Waals surface area contributed by atoms with Gasteiger partial charge < -0.3 is 14.6 Å². The van der Waals surface area contributed by atoms with Crippen LogP contribution in [0.5, 0.6) is 11.5 Å². The highest BCUT2D eigenvalue weighted by Gasteiger charge is 2.06. The highest BCUT2D eigenvalue weighted by atomic mass is 16.5. The molecule has 0 aromatic heterocycles. The number of hydrogen-bond acceptors (Lipinski definition) is 5. The van der Waals surface area contributed by atoms with Crippen LogP contribution in [0.4, 0.5) is 0 Å². The number of carboxylic acid groups (broad SMARTS) is 1. The molecule has 0 saturated heterocycles. The first kappa shape index (κ1) is 25.5. The third-order valence-corrected chi connectivity index (χ3v) is 3.99. The highest BCUT2D eigenvalue weighted by molar-refractivity contribution is 5.91. The Morgan fingerprint density at radius 1 is 0.529 bits per heavy atom. The Hall–Kier alpha value is -4.71. The van der Waals surface area contributed by atoms with E-state index in [0.717, 1.165) is 0 Å². The molecule has 6 heteroatoms. The van der Waals surface area contributed by atoms with Crippen molar-refractivity contribution < 1.29 is 29.0 Å². The van der Waals surface area contributed by atoms with Gasteiger partial charge in [-0.3, -0.25) is 4.79 Å². The summed E-state index contributed by atoms with van der Waals surface area (Å²) in [4.78, 5) is 32.2. The van der Waals surface area contributed by atoms with Crippen molar-refractivity contribution in [1.82, 2.24) is 0 Å². The lowest BCUT2D eigenvalue weighted by molar-refractivity contribution is -0.131. The second kappa shape index (κ2) is 14.4. The maximum Gasteiger partial charge on any atom is 0.343 e. The lowest BCUT2D eigenvalue weighted by atomic mass is 10.2. The molecule has 0 bridgehead atoms. The van der Waals surface area contributed by atoms with Gasteiger partial charge in [-0.1, -0.05) is 72.8 Å². The zero-order chi connectivity index (χ0) is 24.6. The monoisotopic (exact) mass is 456 g/mol. The van der Waals surface area contributed by atoms with Gasteiger partial charge in [-0.05, 0) is 48.5 Å². The van der Waals surface area contributed by atoms with Gasteiger partial charge in [0.15, 0.2) is 0 Å². The number of carbonyl (C=O) groups excluding carboxylic acids is 2. The summed E-state index contributed by atoms with van der Waals surface area (Å²) in [5, 5.41) is 8.38. The van der Waals surface area contributed by atoms with Gasteiger partial charge in [0.05, 0.1) is 11.1 Å². The number of ether oxygens (including phenoxy) is 2. The zero-order valence-electron chi connectivity index (χ0n) is 18.5. The average molecular weight is 456 g/mol. The maximum atomic E-state index is 11.6. The summed E-state index contributed by atoms with van der Waals surface area (Å²) < 4.78 is 9.94. The third kappa shape index (κ3) is 10.1. The Bertz CT molecular complexity index is 1140. The van der Waals surface area contributed by atoms with Gasteiger partial charge in [0.2, 0.25) is 0 Å². The molecule has 4 rings (SSSR count). The van der Waals surface area contributed by atoms with Crippen molar-refractivity contribution >= 4 is 17.9 Å². The number of esters is 2. The first-order valence-corrected chi connectivity index (χ1v) is 10.3. The fourth-order valence-electron chi connectivity index (χ4n) is 2.46. The molecule has 0 aliphatic heterocycles. The third-order valence-electron chi connectivity index (χ3n) is 3.99. The van der Waals surface area contributed by atoms with E-state index in [1.54, 1.807) is 66.7 Å². The molecule has 4 aromatic rings. The summed E-state index contributed by atoms with van der Waals surface area (Å²) in [5.41, 5.74) is 0.888. The highest BCUT2D eigenvalue weighted by Crippen LogP contribution is 2.11. The fraction of sp³-hybridized carbons (Fsp3) is 0.0357. The van der Waals surface area contributed by atoms with E-state index >= 15 is 0 Å². The van der Waals surface area contributed by atoms with Crippen LogP contribution in [-0.2, 0) is 4.79 Å². The van der Waals surface area contributed by atoms with E-state index in [9.17, 15) is 14.4 Å². The Morgan fingerprint density at radius 2 is 0.882 bits per heavy atom. The SMILES string of the molecule is CC(=O)Oc1ccccc1.O=C(O)c1ccccc1.O=C(Oc1ccccc1)c1ccccc1. The number of rotatable bonds is 4. The molecule has 0 heterocycles. The summed E-state index contributed by atoms with van der Waals surface area (Å²) in [6.45, 7) is 1.38. The number of hydrogen-bond donors (Lipinski definition) is 1. The second-order valence-electron chi connectivity index (χ2n) is 6.65. The Labute approximate surface area is 198 Å². The number of para-hydroxylation sites is 2. The van der Waals surface area contributed by atoms with Gasteiger partial charge in [0.25, 0.3) is 0 Å². The molecule has 0 spiro atoms. The van der Waals surface area contributed by atoms with Gasteiger partial charge in [-0.15, -0.1) is 0 Å². The van der Waals surface area contributed by atoms with E-state index in [-0.39, 0.29) is 11.9 Å². The van der Waals surface area contributed by atoms with Crippen molar-refractivity contribution in [2.75, 3.05) is 0 Å². The summed E-state index contributed by atoms with van der Waals surface area (Å²) in [6.07, 6.45) is 0. The van der Waals surface area contributed by atoms with Crippen molar-refractivity contribution in [3.63, 3.8) is 0 Å². The molecule has 0 fully saturated rings. The molecule has 0 saturated carbocycles. The van der Waals surface area contributed by atoms with Crippen LogP contribution in [0.25, 0.3) is 0 Å². The molecule has 0 unspecified atom stereocenters. The lowest BCUT2D eigenvalue weighted by Crippen LogP contribution is -2.07. The summed E-state index contributed by atoms with van der Waals surface area (Å²) >= 11 is 0. The quantitative estimate of drug-likeness (QED) is 0.304. The Kier molecular flexibility index (Phi) is 10.8. The maximum absolute atomic E-state index is 11.6. The molecule has 0 radical (unpaired) electrons. The zero-order valence-corrected chi connectivity index (χ0v) is 18.5.